The van der Waals surface area contributed by atoms with Crippen molar-refractivity contribution in [2.45, 2.75) is 6.92 Å². The van der Waals surface area contributed by atoms with Crippen LogP contribution in [0, 0.1) is 6.92 Å². The minimum absolute atomic E-state index is 0.453. The number of methoxy groups -OCH3 is 2. The minimum atomic E-state index is 0.453. The second kappa shape index (κ2) is 8.52. The highest BCUT2D eigenvalue weighted by Gasteiger charge is 2.10. The van der Waals surface area contributed by atoms with Gasteiger partial charge >= 0.3 is 0 Å². The maximum atomic E-state index is 5.35. The Morgan fingerprint density at radius 2 is 1.67 bits per heavy atom. The average Bonchev–Trinajstić information content (AvgIpc) is 3.14. The van der Waals surface area contributed by atoms with Crippen molar-refractivity contribution in [2.24, 2.45) is 0 Å². The second-order valence-corrected chi connectivity index (χ2v) is 6.50. The molecular weight excluding hydrogens is 380 g/mol. The van der Waals surface area contributed by atoms with Gasteiger partial charge in [0, 0.05) is 24.0 Å². The SMILES string of the molecule is COc1ccc(Nc2nccc(Nc3cc(C)nn3-c3ccccc3)n2)cc1OC. The molecule has 0 spiro atoms. The largest absolute Gasteiger partial charge is 0.493 e. The predicted octanol–water partition coefficient (Wildman–Crippen LogP) is 4.48. The van der Waals surface area contributed by atoms with E-state index in [1.165, 1.54) is 0 Å². The van der Waals surface area contributed by atoms with E-state index in [1.54, 1.807) is 26.5 Å². The van der Waals surface area contributed by atoms with Crippen LogP contribution in [0.15, 0.2) is 66.9 Å². The van der Waals surface area contributed by atoms with Gasteiger partial charge in [-0.1, -0.05) is 18.2 Å². The summed E-state index contributed by atoms with van der Waals surface area (Å²) in [5, 5.41) is 11.1. The molecule has 0 atom stereocenters. The monoisotopic (exact) mass is 402 g/mol. The van der Waals surface area contributed by atoms with Crippen LogP contribution in [0.5, 0.6) is 11.5 Å². The Morgan fingerprint density at radius 3 is 2.43 bits per heavy atom. The van der Waals surface area contributed by atoms with Crippen LogP contribution in [-0.4, -0.2) is 34.0 Å². The van der Waals surface area contributed by atoms with Crippen molar-refractivity contribution < 1.29 is 9.47 Å². The van der Waals surface area contributed by atoms with Crippen molar-refractivity contribution in [3.8, 4) is 17.2 Å². The maximum Gasteiger partial charge on any atom is 0.229 e. The van der Waals surface area contributed by atoms with Crippen molar-refractivity contribution in [1.82, 2.24) is 19.7 Å². The smallest absolute Gasteiger partial charge is 0.229 e. The van der Waals surface area contributed by atoms with Crippen molar-refractivity contribution in [3.63, 3.8) is 0 Å². The van der Waals surface area contributed by atoms with Gasteiger partial charge in [-0.05, 0) is 37.3 Å². The maximum absolute atomic E-state index is 5.35. The molecular formula is C22H22N6O2. The van der Waals surface area contributed by atoms with Crippen LogP contribution >= 0.6 is 0 Å². The van der Waals surface area contributed by atoms with E-state index in [-0.39, 0.29) is 0 Å². The van der Waals surface area contributed by atoms with Gasteiger partial charge < -0.3 is 20.1 Å². The quantitative estimate of drug-likeness (QED) is 0.471. The number of hydrogen-bond donors (Lipinski definition) is 2. The molecule has 30 heavy (non-hydrogen) atoms. The Kier molecular flexibility index (Phi) is 5.47. The molecule has 0 aliphatic carbocycles. The molecule has 0 aliphatic heterocycles. The van der Waals surface area contributed by atoms with Gasteiger partial charge in [-0.15, -0.1) is 0 Å². The number of para-hydroxylation sites is 1. The summed E-state index contributed by atoms with van der Waals surface area (Å²) in [6.45, 7) is 1.95. The molecule has 2 heterocycles. The molecule has 0 fully saturated rings. The fourth-order valence-electron chi connectivity index (χ4n) is 3.02. The highest BCUT2D eigenvalue weighted by molar-refractivity contribution is 5.62. The first-order chi connectivity index (χ1) is 14.7. The normalized spacial score (nSPS) is 10.5. The zero-order chi connectivity index (χ0) is 20.9. The molecule has 8 heteroatoms. The van der Waals surface area contributed by atoms with Gasteiger partial charge in [0.1, 0.15) is 11.6 Å². The number of aromatic nitrogens is 4. The molecule has 152 valence electrons. The summed E-state index contributed by atoms with van der Waals surface area (Å²) in [7, 11) is 3.20. The molecule has 0 radical (unpaired) electrons. The van der Waals surface area contributed by atoms with Crippen LogP contribution < -0.4 is 20.1 Å². The summed E-state index contributed by atoms with van der Waals surface area (Å²) in [6, 6.07) is 19.2. The van der Waals surface area contributed by atoms with Crippen LogP contribution in [0.4, 0.5) is 23.3 Å². The molecule has 0 saturated carbocycles. The van der Waals surface area contributed by atoms with Crippen LogP contribution in [0.2, 0.25) is 0 Å². The van der Waals surface area contributed by atoms with Gasteiger partial charge in [-0.25, -0.2) is 9.67 Å². The van der Waals surface area contributed by atoms with E-state index in [1.807, 2.05) is 66.2 Å². The average molecular weight is 402 g/mol. The lowest BCUT2D eigenvalue weighted by molar-refractivity contribution is 0.355. The fraction of sp³-hybridized carbons (Fsp3) is 0.136. The zero-order valence-corrected chi connectivity index (χ0v) is 17.0. The van der Waals surface area contributed by atoms with Gasteiger partial charge in [0.25, 0.3) is 0 Å². The van der Waals surface area contributed by atoms with Crippen LogP contribution in [-0.2, 0) is 0 Å². The Hall–Kier alpha value is -4.07. The third kappa shape index (κ3) is 4.17. The van der Waals surface area contributed by atoms with Crippen molar-refractivity contribution >= 4 is 23.3 Å². The van der Waals surface area contributed by atoms with Crippen molar-refractivity contribution in [1.29, 1.82) is 0 Å². The van der Waals surface area contributed by atoms with E-state index >= 15 is 0 Å². The summed E-state index contributed by atoms with van der Waals surface area (Å²) in [5.41, 5.74) is 2.65. The van der Waals surface area contributed by atoms with Gasteiger partial charge in [-0.3, -0.25) is 0 Å². The molecule has 2 N–H and O–H groups in total. The number of benzene rings is 2. The lowest BCUT2D eigenvalue weighted by Gasteiger charge is -2.12. The van der Waals surface area contributed by atoms with Gasteiger partial charge in [0.15, 0.2) is 11.5 Å². The number of nitrogens with zero attached hydrogens (tertiary/aromatic N) is 4. The number of ether oxygens (including phenoxy) is 2. The van der Waals surface area contributed by atoms with Crippen LogP contribution in [0.1, 0.15) is 5.69 Å². The molecule has 4 rings (SSSR count). The van der Waals surface area contributed by atoms with Crippen molar-refractivity contribution in [3.05, 3.63) is 72.6 Å². The zero-order valence-electron chi connectivity index (χ0n) is 17.0. The molecule has 8 nitrogen and oxygen atoms in total. The van der Waals surface area contributed by atoms with Crippen LogP contribution in [0.3, 0.4) is 0 Å². The highest BCUT2D eigenvalue weighted by atomic mass is 16.5. The van der Waals surface area contributed by atoms with Crippen molar-refractivity contribution in [2.75, 3.05) is 24.9 Å². The van der Waals surface area contributed by atoms with E-state index in [2.05, 4.69) is 25.7 Å². The number of hydrogen-bond acceptors (Lipinski definition) is 7. The van der Waals surface area contributed by atoms with Gasteiger partial charge in [0.2, 0.25) is 5.95 Å². The molecule has 0 bridgehead atoms. The molecule has 0 aliphatic rings. The Morgan fingerprint density at radius 1 is 0.867 bits per heavy atom. The molecule has 0 unspecified atom stereocenters. The highest BCUT2D eigenvalue weighted by Crippen LogP contribution is 2.30. The molecule has 4 aromatic rings. The summed E-state index contributed by atoms with van der Waals surface area (Å²) >= 11 is 0. The van der Waals surface area contributed by atoms with E-state index in [4.69, 9.17) is 9.47 Å². The molecule has 0 saturated heterocycles. The number of nitrogens with one attached hydrogen (secondary N) is 2. The van der Waals surface area contributed by atoms with E-state index in [0.29, 0.717) is 23.3 Å². The number of aryl methyl sites for hydroxylation is 1. The lowest BCUT2D eigenvalue weighted by atomic mass is 10.3. The number of rotatable bonds is 7. The standard InChI is InChI=1S/C22H22N6O2/c1-15-13-21(28(27-15)17-7-5-4-6-8-17)25-20-11-12-23-22(26-20)24-16-9-10-18(29-2)19(14-16)30-3/h4-14H,1-3H3,(H2,23,24,25,26). The van der Waals surface area contributed by atoms with E-state index in [9.17, 15) is 0 Å². The van der Waals surface area contributed by atoms with Gasteiger partial charge in [0.05, 0.1) is 25.6 Å². The minimum Gasteiger partial charge on any atom is -0.493 e. The molecule has 2 aromatic carbocycles. The number of anilines is 4. The second-order valence-electron chi connectivity index (χ2n) is 6.50. The first-order valence-corrected chi connectivity index (χ1v) is 9.37. The molecule has 2 aromatic heterocycles. The van der Waals surface area contributed by atoms with Gasteiger partial charge in [-0.2, -0.15) is 10.1 Å². The van der Waals surface area contributed by atoms with E-state index in [0.717, 1.165) is 22.9 Å². The lowest BCUT2D eigenvalue weighted by Crippen LogP contribution is -2.05. The third-order valence-electron chi connectivity index (χ3n) is 4.38. The summed E-state index contributed by atoms with van der Waals surface area (Å²) < 4.78 is 12.5. The summed E-state index contributed by atoms with van der Waals surface area (Å²) in [5.74, 6) is 3.19. The predicted molar refractivity (Wildman–Crippen MR) is 116 cm³/mol. The summed E-state index contributed by atoms with van der Waals surface area (Å²) in [6.07, 6.45) is 1.69. The Labute approximate surface area is 174 Å². The van der Waals surface area contributed by atoms with Crippen LogP contribution in [0.25, 0.3) is 5.69 Å². The summed E-state index contributed by atoms with van der Waals surface area (Å²) in [4.78, 5) is 8.86. The Bertz CT molecular complexity index is 1140. The Balaban J connectivity index is 1.57. The fourth-order valence-corrected chi connectivity index (χ4v) is 3.02. The first-order valence-electron chi connectivity index (χ1n) is 9.37. The first kappa shape index (κ1) is 19.3. The molecule has 0 amide bonds. The van der Waals surface area contributed by atoms with E-state index < -0.39 is 0 Å². The third-order valence-corrected chi connectivity index (χ3v) is 4.38. The topological polar surface area (TPSA) is 86.1 Å².